The van der Waals surface area contributed by atoms with Crippen LogP contribution in [0.1, 0.15) is 17.9 Å². The van der Waals surface area contributed by atoms with Gasteiger partial charge in [-0.1, -0.05) is 0 Å². The van der Waals surface area contributed by atoms with E-state index in [0.29, 0.717) is 5.88 Å². The molecule has 0 aliphatic carbocycles. The van der Waals surface area contributed by atoms with Gasteiger partial charge in [0.05, 0.1) is 5.88 Å². The van der Waals surface area contributed by atoms with Gasteiger partial charge >= 0.3 is 0 Å². The van der Waals surface area contributed by atoms with Gasteiger partial charge in [-0.25, -0.2) is 4.98 Å². The zero-order valence-electron chi connectivity index (χ0n) is 7.14. The van der Waals surface area contributed by atoms with Crippen molar-refractivity contribution in [1.29, 1.82) is 0 Å². The van der Waals surface area contributed by atoms with Gasteiger partial charge in [-0.2, -0.15) is 0 Å². The van der Waals surface area contributed by atoms with Crippen LogP contribution in [0, 0.1) is 0 Å². The smallest absolute Gasteiger partial charge is 0.106 e. The maximum Gasteiger partial charge on any atom is 0.106 e. The largest absolute Gasteiger partial charge is 0.385 e. The molecule has 0 saturated heterocycles. The molecular formula is C8H13ClN2O. The van der Waals surface area contributed by atoms with Crippen LogP contribution in [0.4, 0.5) is 0 Å². The van der Waals surface area contributed by atoms with Gasteiger partial charge in [-0.3, -0.25) is 0 Å². The third-order valence-corrected chi connectivity index (χ3v) is 1.88. The fourth-order valence-electron chi connectivity index (χ4n) is 0.985. The number of rotatable bonds is 5. The van der Waals surface area contributed by atoms with Gasteiger partial charge in [0, 0.05) is 32.0 Å². The van der Waals surface area contributed by atoms with Gasteiger partial charge in [0.1, 0.15) is 5.82 Å². The van der Waals surface area contributed by atoms with Gasteiger partial charge in [-0.05, 0) is 6.42 Å². The lowest BCUT2D eigenvalue weighted by Crippen LogP contribution is -1.94. The number of halogens is 1. The number of aromatic nitrogens is 2. The van der Waals surface area contributed by atoms with E-state index in [0.717, 1.165) is 31.0 Å². The summed E-state index contributed by atoms with van der Waals surface area (Å²) in [6.07, 6.45) is 3.69. The summed E-state index contributed by atoms with van der Waals surface area (Å²) in [5.74, 6) is 1.49. The summed E-state index contributed by atoms with van der Waals surface area (Å²) < 4.78 is 4.93. The van der Waals surface area contributed by atoms with Gasteiger partial charge in [0.2, 0.25) is 0 Å². The number of alkyl halides is 1. The van der Waals surface area contributed by atoms with Gasteiger partial charge in [-0.15, -0.1) is 11.6 Å². The molecule has 0 amide bonds. The molecule has 0 aliphatic rings. The Hall–Kier alpha value is -0.540. The van der Waals surface area contributed by atoms with E-state index in [1.807, 2.05) is 0 Å². The van der Waals surface area contributed by atoms with Crippen LogP contribution in [0.5, 0.6) is 0 Å². The van der Waals surface area contributed by atoms with Crippen molar-refractivity contribution in [3.63, 3.8) is 0 Å². The molecule has 0 spiro atoms. The van der Waals surface area contributed by atoms with E-state index in [2.05, 4.69) is 9.97 Å². The van der Waals surface area contributed by atoms with E-state index in [9.17, 15) is 0 Å². The monoisotopic (exact) mass is 188 g/mol. The van der Waals surface area contributed by atoms with E-state index in [1.54, 1.807) is 13.3 Å². The molecule has 1 rings (SSSR count). The third-order valence-electron chi connectivity index (χ3n) is 1.59. The molecule has 1 aromatic rings. The lowest BCUT2D eigenvalue weighted by atomic mass is 10.3. The van der Waals surface area contributed by atoms with E-state index in [4.69, 9.17) is 16.3 Å². The zero-order valence-corrected chi connectivity index (χ0v) is 7.90. The number of methoxy groups -OCH3 is 1. The van der Waals surface area contributed by atoms with Crippen molar-refractivity contribution in [1.82, 2.24) is 9.97 Å². The second-order valence-corrected chi connectivity index (χ2v) is 2.85. The minimum atomic E-state index is 0.497. The molecule has 0 saturated carbocycles. The molecule has 68 valence electrons. The predicted molar refractivity (Wildman–Crippen MR) is 48.3 cm³/mol. The van der Waals surface area contributed by atoms with Crippen molar-refractivity contribution >= 4 is 11.6 Å². The van der Waals surface area contributed by atoms with Gasteiger partial charge in [0.25, 0.3) is 0 Å². The number of aryl methyl sites for hydroxylation is 1. The maximum absolute atomic E-state index is 5.61. The first-order chi connectivity index (χ1) is 5.86. The Bertz CT molecular complexity index is 225. The van der Waals surface area contributed by atoms with Crippen LogP contribution in [0.25, 0.3) is 0 Å². The molecule has 0 radical (unpaired) electrons. The molecule has 3 nitrogen and oxygen atoms in total. The molecular weight excluding hydrogens is 176 g/mol. The molecule has 0 unspecified atom stereocenters. The predicted octanol–water partition coefficient (Wildman–Crippen LogP) is 1.73. The number of nitrogens with one attached hydrogen (secondary N) is 1. The maximum atomic E-state index is 5.61. The SMILES string of the molecule is COCCCc1ncc(CCl)[nH]1. The second kappa shape index (κ2) is 5.17. The van der Waals surface area contributed by atoms with Crippen molar-refractivity contribution in [2.45, 2.75) is 18.7 Å². The van der Waals surface area contributed by atoms with E-state index < -0.39 is 0 Å². The van der Waals surface area contributed by atoms with Gasteiger partial charge < -0.3 is 9.72 Å². The number of ether oxygens (including phenoxy) is 1. The molecule has 1 aromatic heterocycles. The summed E-state index contributed by atoms with van der Waals surface area (Å²) in [7, 11) is 1.70. The topological polar surface area (TPSA) is 37.9 Å². The van der Waals surface area contributed by atoms with Crippen LogP contribution in [0.15, 0.2) is 6.20 Å². The fourth-order valence-corrected chi connectivity index (χ4v) is 1.12. The molecule has 0 bridgehead atoms. The summed E-state index contributed by atoms with van der Waals surface area (Å²) >= 11 is 5.61. The first-order valence-electron chi connectivity index (χ1n) is 3.94. The highest BCUT2D eigenvalue weighted by molar-refractivity contribution is 6.16. The molecule has 1 N–H and O–H groups in total. The number of hydrogen-bond donors (Lipinski definition) is 1. The Morgan fingerprint density at radius 3 is 3.08 bits per heavy atom. The van der Waals surface area contributed by atoms with E-state index >= 15 is 0 Å². The third kappa shape index (κ3) is 2.83. The summed E-state index contributed by atoms with van der Waals surface area (Å²) in [4.78, 5) is 7.29. The van der Waals surface area contributed by atoms with Crippen molar-refractivity contribution in [3.05, 3.63) is 17.7 Å². The number of H-pyrrole nitrogens is 1. The highest BCUT2D eigenvalue weighted by Gasteiger charge is 1.98. The molecule has 0 fully saturated rings. The second-order valence-electron chi connectivity index (χ2n) is 2.59. The quantitative estimate of drug-likeness (QED) is 0.565. The summed E-state index contributed by atoms with van der Waals surface area (Å²) in [6, 6.07) is 0. The molecule has 12 heavy (non-hydrogen) atoms. The molecule has 0 aliphatic heterocycles. The van der Waals surface area contributed by atoms with Crippen molar-refractivity contribution in [2.24, 2.45) is 0 Å². The highest BCUT2D eigenvalue weighted by atomic mass is 35.5. The first-order valence-corrected chi connectivity index (χ1v) is 4.48. The first kappa shape index (κ1) is 9.55. The average molecular weight is 189 g/mol. The molecule has 0 aromatic carbocycles. The fraction of sp³-hybridized carbons (Fsp3) is 0.625. The molecule has 0 atom stereocenters. The lowest BCUT2D eigenvalue weighted by Gasteiger charge is -1.95. The summed E-state index contributed by atoms with van der Waals surface area (Å²) in [6.45, 7) is 0.775. The van der Waals surface area contributed by atoms with Crippen molar-refractivity contribution < 1.29 is 4.74 Å². The van der Waals surface area contributed by atoms with Crippen LogP contribution in [-0.4, -0.2) is 23.7 Å². The normalized spacial score (nSPS) is 10.5. The van der Waals surface area contributed by atoms with Gasteiger partial charge in [0.15, 0.2) is 0 Å². The number of hydrogen-bond acceptors (Lipinski definition) is 2. The Balaban J connectivity index is 2.31. The van der Waals surface area contributed by atoms with Crippen LogP contribution >= 0.6 is 11.6 Å². The minimum Gasteiger partial charge on any atom is -0.385 e. The van der Waals surface area contributed by atoms with Crippen LogP contribution in [0.3, 0.4) is 0 Å². The Kier molecular flexibility index (Phi) is 4.11. The summed E-state index contributed by atoms with van der Waals surface area (Å²) in [5, 5.41) is 0. The average Bonchev–Trinajstić information content (AvgIpc) is 2.53. The van der Waals surface area contributed by atoms with E-state index in [1.165, 1.54) is 0 Å². The Morgan fingerprint density at radius 1 is 1.67 bits per heavy atom. The highest BCUT2D eigenvalue weighted by Crippen LogP contribution is 2.02. The molecule has 4 heteroatoms. The Labute approximate surface area is 77.1 Å². The van der Waals surface area contributed by atoms with E-state index in [-0.39, 0.29) is 0 Å². The molecule has 1 heterocycles. The van der Waals surface area contributed by atoms with Crippen LogP contribution in [-0.2, 0) is 17.0 Å². The van der Waals surface area contributed by atoms with Crippen LogP contribution < -0.4 is 0 Å². The Morgan fingerprint density at radius 2 is 2.50 bits per heavy atom. The van der Waals surface area contributed by atoms with Crippen molar-refractivity contribution in [3.8, 4) is 0 Å². The van der Waals surface area contributed by atoms with Crippen LogP contribution in [0.2, 0.25) is 0 Å². The number of nitrogens with zero attached hydrogens (tertiary/aromatic N) is 1. The number of imidazole rings is 1. The zero-order chi connectivity index (χ0) is 8.81. The minimum absolute atomic E-state index is 0.497. The summed E-state index contributed by atoms with van der Waals surface area (Å²) in [5.41, 5.74) is 0.976. The van der Waals surface area contributed by atoms with Crippen molar-refractivity contribution in [2.75, 3.05) is 13.7 Å². The number of aromatic amines is 1. The lowest BCUT2D eigenvalue weighted by molar-refractivity contribution is 0.194. The standard InChI is InChI=1S/C8H13ClN2O/c1-12-4-2-3-8-10-6-7(5-9)11-8/h6H,2-5H2,1H3,(H,10,11).